The van der Waals surface area contributed by atoms with Crippen molar-refractivity contribution < 1.29 is 30.8 Å². The fourth-order valence-corrected chi connectivity index (χ4v) is 8.63. The fraction of sp³-hybridized carbons (Fsp3) is 0.0377. The molecule has 0 N–H and O–H groups in total. The van der Waals surface area contributed by atoms with E-state index in [1.54, 1.807) is 12.1 Å². The normalized spacial score (nSPS) is 12.2. The van der Waals surface area contributed by atoms with Gasteiger partial charge < -0.3 is 8.98 Å². The molecule has 8 aromatic carbocycles. The molecule has 0 amide bonds. The van der Waals surface area contributed by atoms with Crippen molar-refractivity contribution in [3.8, 4) is 62.1 Å². The molecule has 64 heavy (non-hydrogen) atoms. The monoisotopic (exact) mass is 852 g/mol. The molecule has 11 heteroatoms. The van der Waals surface area contributed by atoms with Gasteiger partial charge >= 0.3 is 12.4 Å². The predicted octanol–water partition coefficient (Wildman–Crippen LogP) is 15.2. The molecule has 0 saturated heterocycles. The first-order chi connectivity index (χ1) is 31.0. The van der Waals surface area contributed by atoms with E-state index < -0.39 is 23.5 Å². The van der Waals surface area contributed by atoms with Crippen LogP contribution in [0.4, 0.5) is 26.3 Å². The Labute approximate surface area is 360 Å². The zero-order valence-corrected chi connectivity index (χ0v) is 33.3. The van der Waals surface area contributed by atoms with Crippen molar-refractivity contribution in [1.82, 2.24) is 19.5 Å². The van der Waals surface area contributed by atoms with Gasteiger partial charge in [-0.05, 0) is 76.9 Å². The Morgan fingerprint density at radius 2 is 0.984 bits per heavy atom. The largest absolute Gasteiger partial charge is 0.456 e. The molecule has 3 heterocycles. The first kappa shape index (κ1) is 38.8. The van der Waals surface area contributed by atoms with Crippen LogP contribution >= 0.6 is 0 Å². The molecule has 0 unspecified atom stereocenters. The molecule has 11 aromatic rings. The highest BCUT2D eigenvalue weighted by Crippen LogP contribution is 2.45. The minimum Gasteiger partial charge on any atom is -0.456 e. The van der Waals surface area contributed by atoms with E-state index in [1.165, 1.54) is 6.07 Å². The average molecular weight is 853 g/mol. The highest BCUT2D eigenvalue weighted by atomic mass is 19.4. The minimum absolute atomic E-state index is 0.116. The topological polar surface area (TPSA) is 56.7 Å². The molecule has 5 nitrogen and oxygen atoms in total. The van der Waals surface area contributed by atoms with Crippen LogP contribution in [0.3, 0.4) is 0 Å². The van der Waals surface area contributed by atoms with E-state index in [1.807, 2.05) is 150 Å². The highest BCUT2D eigenvalue weighted by Gasteiger charge is 2.38. The standard InChI is InChI=1S/C53H30F6N4O/c54-52(55,56)35-24-25-36(42(30-35)53(57,58)59)33-22-26-44-40(28-33)38-16-7-9-19-43(38)63(44)45-27-23-34(37-18-11-21-47-48(37)39-17-8-10-20-46(39)64-47)29-41(45)51-61-49(31-12-3-1-4-13-31)60-50(62-51)32-14-5-2-6-15-32/h1-30H. The van der Waals surface area contributed by atoms with Crippen molar-refractivity contribution in [3.05, 3.63) is 193 Å². The maximum Gasteiger partial charge on any atom is 0.417 e. The smallest absolute Gasteiger partial charge is 0.417 e. The van der Waals surface area contributed by atoms with Gasteiger partial charge in [-0.2, -0.15) is 26.3 Å². The number of benzene rings is 8. The second kappa shape index (κ2) is 14.8. The van der Waals surface area contributed by atoms with Crippen LogP contribution < -0.4 is 0 Å². The van der Waals surface area contributed by atoms with Crippen LogP contribution in [0.5, 0.6) is 0 Å². The quantitative estimate of drug-likeness (QED) is 0.156. The maximum absolute atomic E-state index is 14.5. The summed E-state index contributed by atoms with van der Waals surface area (Å²) in [5.41, 5.74) is 4.48. The Kier molecular flexibility index (Phi) is 8.98. The number of furan rings is 1. The highest BCUT2D eigenvalue weighted by molar-refractivity contribution is 6.13. The summed E-state index contributed by atoms with van der Waals surface area (Å²) < 4.78 is 92.7. The first-order valence-electron chi connectivity index (χ1n) is 20.2. The Balaban J connectivity index is 1.19. The average Bonchev–Trinajstić information content (AvgIpc) is 3.87. The molecule has 0 aliphatic rings. The summed E-state index contributed by atoms with van der Waals surface area (Å²) in [6, 6.07) is 53.1. The first-order valence-corrected chi connectivity index (χ1v) is 20.2. The SMILES string of the molecule is FC(F)(F)c1ccc(-c2ccc3c(c2)c2ccccc2n3-c2ccc(-c3cccc4oc5ccccc5c34)cc2-c2nc(-c3ccccc3)nc(-c3ccccc3)n2)c(C(F)(F)F)c1. The zero-order valence-electron chi connectivity index (χ0n) is 33.3. The summed E-state index contributed by atoms with van der Waals surface area (Å²) in [5.74, 6) is 1.27. The molecule has 0 bridgehead atoms. The Hall–Kier alpha value is -8.05. The molecular weight excluding hydrogens is 823 g/mol. The molecule has 0 aliphatic carbocycles. The lowest BCUT2D eigenvalue weighted by molar-refractivity contribution is -0.142. The molecule has 0 saturated carbocycles. The van der Waals surface area contributed by atoms with Gasteiger partial charge in [0.2, 0.25) is 0 Å². The summed E-state index contributed by atoms with van der Waals surface area (Å²) in [4.78, 5) is 15.2. The van der Waals surface area contributed by atoms with E-state index in [2.05, 4.69) is 0 Å². The van der Waals surface area contributed by atoms with Crippen LogP contribution in [0, 0.1) is 0 Å². The van der Waals surface area contributed by atoms with Crippen molar-refractivity contribution in [1.29, 1.82) is 0 Å². The lowest BCUT2D eigenvalue weighted by Crippen LogP contribution is -2.12. The van der Waals surface area contributed by atoms with E-state index in [4.69, 9.17) is 19.4 Å². The van der Waals surface area contributed by atoms with E-state index in [-0.39, 0.29) is 17.2 Å². The third-order valence-corrected chi connectivity index (χ3v) is 11.5. The van der Waals surface area contributed by atoms with Crippen LogP contribution in [0.1, 0.15) is 11.1 Å². The Morgan fingerprint density at radius 3 is 1.69 bits per heavy atom. The molecular formula is C53H30F6N4O. The van der Waals surface area contributed by atoms with Crippen molar-refractivity contribution in [2.45, 2.75) is 12.4 Å². The predicted molar refractivity (Wildman–Crippen MR) is 239 cm³/mol. The van der Waals surface area contributed by atoms with Crippen molar-refractivity contribution in [2.75, 3.05) is 0 Å². The third kappa shape index (κ3) is 6.64. The molecule has 0 spiro atoms. The van der Waals surface area contributed by atoms with Gasteiger partial charge in [-0.15, -0.1) is 0 Å². The zero-order chi connectivity index (χ0) is 43.7. The molecule has 0 aliphatic heterocycles. The van der Waals surface area contributed by atoms with Gasteiger partial charge in [-0.25, -0.2) is 15.0 Å². The van der Waals surface area contributed by atoms with Crippen molar-refractivity contribution in [3.63, 3.8) is 0 Å². The Morgan fingerprint density at radius 1 is 0.391 bits per heavy atom. The number of rotatable bonds is 6. The molecule has 310 valence electrons. The number of hydrogen-bond acceptors (Lipinski definition) is 4. The summed E-state index contributed by atoms with van der Waals surface area (Å²) >= 11 is 0. The molecule has 11 rings (SSSR count). The number of para-hydroxylation sites is 2. The molecule has 0 radical (unpaired) electrons. The van der Waals surface area contributed by atoms with Gasteiger partial charge in [0.25, 0.3) is 0 Å². The van der Waals surface area contributed by atoms with E-state index in [9.17, 15) is 26.3 Å². The van der Waals surface area contributed by atoms with Crippen LogP contribution in [0.25, 0.3) is 106 Å². The summed E-state index contributed by atoms with van der Waals surface area (Å²) in [7, 11) is 0. The maximum atomic E-state index is 14.5. The lowest BCUT2D eigenvalue weighted by Gasteiger charge is -2.17. The number of aromatic nitrogens is 4. The fourth-order valence-electron chi connectivity index (χ4n) is 8.63. The van der Waals surface area contributed by atoms with Gasteiger partial charge in [0.05, 0.1) is 27.8 Å². The number of nitrogens with zero attached hydrogens (tertiary/aromatic N) is 4. The molecule has 0 fully saturated rings. The van der Waals surface area contributed by atoms with Gasteiger partial charge in [-0.1, -0.05) is 127 Å². The van der Waals surface area contributed by atoms with E-state index in [0.29, 0.717) is 45.7 Å². The summed E-state index contributed by atoms with van der Waals surface area (Å²) in [6.45, 7) is 0. The van der Waals surface area contributed by atoms with Crippen molar-refractivity contribution in [2.24, 2.45) is 0 Å². The minimum atomic E-state index is -5.05. The van der Waals surface area contributed by atoms with E-state index >= 15 is 0 Å². The molecule has 3 aromatic heterocycles. The van der Waals surface area contributed by atoms with Gasteiger partial charge in [0.1, 0.15) is 11.2 Å². The summed E-state index contributed by atoms with van der Waals surface area (Å²) in [6.07, 6.45) is -10.0. The second-order valence-corrected chi connectivity index (χ2v) is 15.4. The number of hydrogen-bond donors (Lipinski definition) is 0. The Bertz CT molecular complexity index is 3540. The third-order valence-electron chi connectivity index (χ3n) is 11.5. The number of halogens is 6. The summed E-state index contributed by atoms with van der Waals surface area (Å²) in [5, 5.41) is 3.20. The van der Waals surface area contributed by atoms with E-state index in [0.717, 1.165) is 61.2 Å². The van der Waals surface area contributed by atoms with Crippen LogP contribution in [0.2, 0.25) is 0 Å². The van der Waals surface area contributed by atoms with Crippen molar-refractivity contribution >= 4 is 43.7 Å². The second-order valence-electron chi connectivity index (χ2n) is 15.4. The number of alkyl halides is 6. The lowest BCUT2D eigenvalue weighted by atomic mass is 9.95. The molecule has 0 atom stereocenters. The van der Waals surface area contributed by atoms with Gasteiger partial charge in [0, 0.05) is 38.2 Å². The van der Waals surface area contributed by atoms with Crippen LogP contribution in [0.15, 0.2) is 186 Å². The number of fused-ring (bicyclic) bond motifs is 6. The van der Waals surface area contributed by atoms with Gasteiger partial charge in [-0.3, -0.25) is 0 Å². The van der Waals surface area contributed by atoms with Gasteiger partial charge in [0.15, 0.2) is 17.5 Å². The van der Waals surface area contributed by atoms with Crippen LogP contribution in [-0.2, 0) is 12.4 Å². The van der Waals surface area contributed by atoms with Crippen LogP contribution in [-0.4, -0.2) is 19.5 Å².